The molecule has 1 aromatic rings. The van der Waals surface area contributed by atoms with E-state index < -0.39 is 0 Å². The fourth-order valence-corrected chi connectivity index (χ4v) is 2.84. The minimum Gasteiger partial charge on any atom is -0.508 e. The third-order valence-electron chi connectivity index (χ3n) is 2.64. The minimum atomic E-state index is 0.354. The molecule has 1 N–H and O–H groups in total. The van der Waals surface area contributed by atoms with Crippen molar-refractivity contribution in [2.45, 2.75) is 17.7 Å². The Hall–Kier alpha value is -0.670. The van der Waals surface area contributed by atoms with Gasteiger partial charge in [0, 0.05) is 23.9 Å². The van der Waals surface area contributed by atoms with Crippen LogP contribution < -0.4 is 0 Å². The van der Waals surface area contributed by atoms with Gasteiger partial charge in [-0.15, -0.1) is 11.8 Å². The van der Waals surface area contributed by atoms with Gasteiger partial charge >= 0.3 is 0 Å². The van der Waals surface area contributed by atoms with E-state index in [4.69, 9.17) is 4.74 Å². The van der Waals surface area contributed by atoms with E-state index in [9.17, 15) is 5.11 Å². The van der Waals surface area contributed by atoms with E-state index in [1.54, 1.807) is 6.07 Å². The molecule has 0 radical (unpaired) electrons. The highest BCUT2D eigenvalue weighted by atomic mass is 32.2. The number of hydrogen-bond acceptors (Lipinski definition) is 3. The number of thioether (sulfide) groups is 1. The zero-order chi connectivity index (χ0) is 10.5. The van der Waals surface area contributed by atoms with Crippen LogP contribution in [0, 0.1) is 5.92 Å². The number of ether oxygens (including phenoxy) is 1. The van der Waals surface area contributed by atoms with Gasteiger partial charge in [-0.3, -0.25) is 0 Å². The van der Waals surface area contributed by atoms with Crippen molar-refractivity contribution in [3.8, 4) is 5.75 Å². The molecule has 0 amide bonds. The minimum absolute atomic E-state index is 0.354. The molecule has 1 aliphatic rings. The smallest absolute Gasteiger partial charge is 0.116 e. The number of phenolic OH excluding ortho intramolecular Hbond substituents is 1. The molecule has 0 unspecified atom stereocenters. The summed E-state index contributed by atoms with van der Waals surface area (Å²) >= 11 is 1.83. The van der Waals surface area contributed by atoms with Crippen molar-refractivity contribution in [1.29, 1.82) is 0 Å². The molecule has 2 nitrogen and oxygen atoms in total. The van der Waals surface area contributed by atoms with Gasteiger partial charge in [0.2, 0.25) is 0 Å². The molecule has 1 heterocycles. The van der Waals surface area contributed by atoms with Gasteiger partial charge in [0.05, 0.1) is 0 Å². The molecule has 1 fully saturated rings. The predicted octanol–water partition coefficient (Wildman–Crippen LogP) is 2.91. The van der Waals surface area contributed by atoms with Crippen LogP contribution in [-0.4, -0.2) is 24.1 Å². The normalized spacial score (nSPS) is 17.9. The van der Waals surface area contributed by atoms with Crippen molar-refractivity contribution in [2.24, 2.45) is 5.92 Å². The zero-order valence-electron chi connectivity index (χ0n) is 8.69. The molecule has 0 bridgehead atoms. The fraction of sp³-hybridized carbons (Fsp3) is 0.500. The highest BCUT2D eigenvalue weighted by Gasteiger charge is 2.13. The summed E-state index contributed by atoms with van der Waals surface area (Å²) in [5.41, 5.74) is 0. The molecule has 1 saturated heterocycles. The van der Waals surface area contributed by atoms with Crippen LogP contribution in [0.1, 0.15) is 12.8 Å². The van der Waals surface area contributed by atoms with Gasteiger partial charge < -0.3 is 9.84 Å². The summed E-state index contributed by atoms with van der Waals surface area (Å²) in [6.07, 6.45) is 2.34. The Bertz CT molecular complexity index is 308. The van der Waals surface area contributed by atoms with E-state index >= 15 is 0 Å². The van der Waals surface area contributed by atoms with E-state index in [2.05, 4.69) is 0 Å². The van der Waals surface area contributed by atoms with Crippen LogP contribution >= 0.6 is 11.8 Å². The lowest BCUT2D eigenvalue weighted by molar-refractivity contribution is 0.0728. The van der Waals surface area contributed by atoms with Gasteiger partial charge in [-0.25, -0.2) is 0 Å². The van der Waals surface area contributed by atoms with Crippen molar-refractivity contribution in [1.82, 2.24) is 0 Å². The first-order valence-electron chi connectivity index (χ1n) is 5.34. The van der Waals surface area contributed by atoms with E-state index in [1.807, 2.05) is 30.0 Å². The maximum Gasteiger partial charge on any atom is 0.116 e. The lowest BCUT2D eigenvalue weighted by atomic mass is 10.0. The molecular weight excluding hydrogens is 208 g/mol. The van der Waals surface area contributed by atoms with Gasteiger partial charge in [-0.2, -0.15) is 0 Å². The maximum absolute atomic E-state index is 9.32. The molecule has 0 saturated carbocycles. The van der Waals surface area contributed by atoms with Crippen molar-refractivity contribution < 1.29 is 9.84 Å². The molecule has 0 spiro atoms. The fourth-order valence-electron chi connectivity index (χ4n) is 1.70. The average molecular weight is 224 g/mol. The summed E-state index contributed by atoms with van der Waals surface area (Å²) < 4.78 is 5.32. The van der Waals surface area contributed by atoms with Crippen LogP contribution in [-0.2, 0) is 4.74 Å². The van der Waals surface area contributed by atoms with Crippen LogP contribution in [0.25, 0.3) is 0 Å². The Morgan fingerprint density at radius 3 is 2.87 bits per heavy atom. The van der Waals surface area contributed by atoms with Crippen LogP contribution in [0.3, 0.4) is 0 Å². The topological polar surface area (TPSA) is 29.5 Å². The molecule has 0 atom stereocenters. The Balaban J connectivity index is 1.81. The first-order valence-corrected chi connectivity index (χ1v) is 6.33. The highest BCUT2D eigenvalue weighted by molar-refractivity contribution is 7.99. The monoisotopic (exact) mass is 224 g/mol. The predicted molar refractivity (Wildman–Crippen MR) is 62.4 cm³/mol. The summed E-state index contributed by atoms with van der Waals surface area (Å²) in [6, 6.07) is 7.47. The third kappa shape index (κ3) is 3.43. The third-order valence-corrected chi connectivity index (χ3v) is 3.87. The molecule has 2 rings (SSSR count). The van der Waals surface area contributed by atoms with Crippen LogP contribution in [0.5, 0.6) is 5.75 Å². The van der Waals surface area contributed by atoms with Gasteiger partial charge in [-0.05, 0) is 37.0 Å². The first-order chi connectivity index (χ1) is 7.34. The number of hydrogen-bond donors (Lipinski definition) is 1. The van der Waals surface area contributed by atoms with Crippen molar-refractivity contribution in [3.63, 3.8) is 0 Å². The van der Waals surface area contributed by atoms with Crippen LogP contribution in [0.15, 0.2) is 29.2 Å². The van der Waals surface area contributed by atoms with Crippen LogP contribution in [0.4, 0.5) is 0 Å². The van der Waals surface area contributed by atoms with E-state index in [0.717, 1.165) is 29.8 Å². The van der Waals surface area contributed by atoms with Crippen LogP contribution in [0.2, 0.25) is 0 Å². The molecule has 3 heteroatoms. The highest BCUT2D eigenvalue weighted by Crippen LogP contribution is 2.27. The van der Waals surface area contributed by atoms with E-state index in [1.165, 1.54) is 12.8 Å². The lowest BCUT2D eigenvalue weighted by Gasteiger charge is -2.21. The average Bonchev–Trinajstić information content (AvgIpc) is 2.28. The Morgan fingerprint density at radius 1 is 1.33 bits per heavy atom. The van der Waals surface area contributed by atoms with Gasteiger partial charge in [0.15, 0.2) is 0 Å². The number of aromatic hydroxyl groups is 1. The van der Waals surface area contributed by atoms with Crippen molar-refractivity contribution in [2.75, 3.05) is 19.0 Å². The van der Waals surface area contributed by atoms with Gasteiger partial charge in [-0.1, -0.05) is 6.07 Å². The summed E-state index contributed by atoms with van der Waals surface area (Å²) in [5.74, 6) is 2.25. The second kappa shape index (κ2) is 5.42. The molecule has 82 valence electrons. The molecule has 1 aliphatic heterocycles. The second-order valence-electron chi connectivity index (χ2n) is 3.86. The zero-order valence-corrected chi connectivity index (χ0v) is 9.50. The van der Waals surface area contributed by atoms with E-state index in [0.29, 0.717) is 5.75 Å². The largest absolute Gasteiger partial charge is 0.508 e. The molecular formula is C12H16O2S. The Morgan fingerprint density at radius 2 is 2.13 bits per heavy atom. The SMILES string of the molecule is Oc1cccc(SCC2CCOCC2)c1. The summed E-state index contributed by atoms with van der Waals surface area (Å²) in [5, 5.41) is 9.32. The lowest BCUT2D eigenvalue weighted by Crippen LogP contribution is -2.17. The number of rotatable bonds is 3. The second-order valence-corrected chi connectivity index (χ2v) is 4.96. The molecule has 0 aromatic heterocycles. The Kier molecular flexibility index (Phi) is 3.92. The van der Waals surface area contributed by atoms with Gasteiger partial charge in [0.1, 0.15) is 5.75 Å². The quantitative estimate of drug-likeness (QED) is 0.800. The van der Waals surface area contributed by atoms with E-state index in [-0.39, 0.29) is 0 Å². The summed E-state index contributed by atoms with van der Waals surface area (Å²) in [7, 11) is 0. The Labute approximate surface area is 94.6 Å². The number of phenols is 1. The first kappa shape index (κ1) is 10.8. The molecule has 15 heavy (non-hydrogen) atoms. The molecule has 1 aromatic carbocycles. The summed E-state index contributed by atoms with van der Waals surface area (Å²) in [6.45, 7) is 1.82. The maximum atomic E-state index is 9.32. The standard InChI is InChI=1S/C12H16O2S/c13-11-2-1-3-12(8-11)15-9-10-4-6-14-7-5-10/h1-3,8,10,13H,4-7,9H2. The van der Waals surface area contributed by atoms with Crippen molar-refractivity contribution >= 4 is 11.8 Å². The van der Waals surface area contributed by atoms with Gasteiger partial charge in [0.25, 0.3) is 0 Å². The summed E-state index contributed by atoms with van der Waals surface area (Å²) in [4.78, 5) is 1.15. The molecule has 0 aliphatic carbocycles. The van der Waals surface area contributed by atoms with Crippen molar-refractivity contribution in [3.05, 3.63) is 24.3 Å². The number of benzene rings is 1.